The molecule has 20 heavy (non-hydrogen) atoms. The molecule has 6 nitrogen and oxygen atoms in total. The van der Waals surface area contributed by atoms with Gasteiger partial charge in [-0.25, -0.2) is 0 Å². The maximum atomic E-state index is 12.1. The summed E-state index contributed by atoms with van der Waals surface area (Å²) in [5.74, 6) is -0.808. The number of carbonyl (C=O) groups is 2. The Balaban J connectivity index is 1.72. The second-order valence-electron chi connectivity index (χ2n) is 5.46. The van der Waals surface area contributed by atoms with E-state index in [-0.39, 0.29) is 24.5 Å². The van der Waals surface area contributed by atoms with Gasteiger partial charge in [0.1, 0.15) is 0 Å². The van der Waals surface area contributed by atoms with Gasteiger partial charge >= 0.3 is 5.97 Å². The smallest absolute Gasteiger partial charge is 0.306 e. The molecule has 0 aromatic heterocycles. The van der Waals surface area contributed by atoms with Crippen molar-refractivity contribution in [3.63, 3.8) is 0 Å². The molecule has 0 saturated carbocycles. The zero-order valence-electron chi connectivity index (χ0n) is 11.8. The Morgan fingerprint density at radius 1 is 1.15 bits per heavy atom. The number of carboxylic acid groups (broad SMARTS) is 1. The van der Waals surface area contributed by atoms with Gasteiger partial charge in [-0.15, -0.1) is 0 Å². The number of ether oxygens (including phenoxy) is 2. The lowest BCUT2D eigenvalue weighted by Crippen LogP contribution is -2.46. The van der Waals surface area contributed by atoms with Crippen molar-refractivity contribution in [2.75, 3.05) is 26.3 Å². The minimum atomic E-state index is -0.889. The van der Waals surface area contributed by atoms with Gasteiger partial charge in [0.25, 0.3) is 0 Å². The van der Waals surface area contributed by atoms with Crippen molar-refractivity contribution < 1.29 is 24.2 Å². The highest BCUT2D eigenvalue weighted by Gasteiger charge is 2.26. The highest BCUT2D eigenvalue weighted by Crippen LogP contribution is 2.18. The number of hydrogen-bond acceptors (Lipinski definition) is 4. The van der Waals surface area contributed by atoms with Crippen LogP contribution in [0.4, 0.5) is 0 Å². The van der Waals surface area contributed by atoms with Crippen LogP contribution >= 0.6 is 0 Å². The van der Waals surface area contributed by atoms with Crippen molar-refractivity contribution in [1.29, 1.82) is 0 Å². The van der Waals surface area contributed by atoms with Gasteiger partial charge in [0.2, 0.25) is 5.91 Å². The zero-order valence-corrected chi connectivity index (χ0v) is 11.8. The van der Waals surface area contributed by atoms with Gasteiger partial charge in [0.05, 0.1) is 25.2 Å². The van der Waals surface area contributed by atoms with Crippen molar-refractivity contribution in [3.05, 3.63) is 0 Å². The minimum absolute atomic E-state index is 0.0461. The molecule has 1 amide bonds. The number of rotatable bonds is 5. The number of carboxylic acids is 1. The highest BCUT2D eigenvalue weighted by atomic mass is 16.5. The SMILES string of the molecule is O=C(O)C[C@H]1CN(C(=O)CC[C@@H]2CCCCO2)CCO1. The van der Waals surface area contributed by atoms with E-state index >= 15 is 0 Å². The number of hydrogen-bond donors (Lipinski definition) is 1. The Hall–Kier alpha value is -1.14. The average Bonchev–Trinajstić information content (AvgIpc) is 2.45. The van der Waals surface area contributed by atoms with E-state index in [2.05, 4.69) is 0 Å². The number of nitrogens with zero attached hydrogens (tertiary/aromatic N) is 1. The summed E-state index contributed by atoms with van der Waals surface area (Å²) in [5.41, 5.74) is 0. The first-order valence-corrected chi connectivity index (χ1v) is 7.38. The Bertz CT molecular complexity index is 340. The molecule has 0 aromatic carbocycles. The van der Waals surface area contributed by atoms with E-state index in [1.807, 2.05) is 0 Å². The van der Waals surface area contributed by atoms with E-state index in [0.717, 1.165) is 25.9 Å². The number of morpholine rings is 1. The van der Waals surface area contributed by atoms with Crippen molar-refractivity contribution in [2.24, 2.45) is 0 Å². The van der Waals surface area contributed by atoms with Crippen LogP contribution in [0.15, 0.2) is 0 Å². The molecule has 2 saturated heterocycles. The third-order valence-corrected chi connectivity index (χ3v) is 3.85. The molecule has 114 valence electrons. The fourth-order valence-electron chi connectivity index (χ4n) is 2.74. The van der Waals surface area contributed by atoms with E-state index in [1.165, 1.54) is 6.42 Å². The molecule has 2 aliphatic rings. The summed E-state index contributed by atoms with van der Waals surface area (Å²) >= 11 is 0. The third kappa shape index (κ3) is 4.76. The Labute approximate surface area is 119 Å². The maximum Gasteiger partial charge on any atom is 0.306 e. The van der Waals surface area contributed by atoms with Gasteiger partial charge in [0, 0.05) is 26.1 Å². The summed E-state index contributed by atoms with van der Waals surface area (Å²) in [4.78, 5) is 24.5. The lowest BCUT2D eigenvalue weighted by molar-refractivity contribution is -0.148. The number of carbonyl (C=O) groups excluding carboxylic acids is 1. The molecular weight excluding hydrogens is 262 g/mol. The second kappa shape index (κ2) is 7.59. The van der Waals surface area contributed by atoms with Crippen LogP contribution in [0.3, 0.4) is 0 Å². The molecule has 0 unspecified atom stereocenters. The molecule has 0 aromatic rings. The van der Waals surface area contributed by atoms with Crippen LogP contribution in [-0.4, -0.2) is 60.4 Å². The molecule has 0 radical (unpaired) electrons. The molecule has 2 aliphatic heterocycles. The van der Waals surface area contributed by atoms with Crippen molar-refractivity contribution in [2.45, 2.75) is 50.7 Å². The Morgan fingerprint density at radius 2 is 1.95 bits per heavy atom. The molecule has 1 N–H and O–H groups in total. The van der Waals surface area contributed by atoms with Gasteiger partial charge in [-0.1, -0.05) is 0 Å². The Morgan fingerprint density at radius 3 is 2.65 bits per heavy atom. The lowest BCUT2D eigenvalue weighted by Gasteiger charge is -2.33. The lowest BCUT2D eigenvalue weighted by atomic mass is 10.0. The van der Waals surface area contributed by atoms with Gasteiger partial charge < -0.3 is 19.5 Å². The fraction of sp³-hybridized carbons (Fsp3) is 0.857. The van der Waals surface area contributed by atoms with Gasteiger partial charge in [-0.2, -0.15) is 0 Å². The van der Waals surface area contributed by atoms with Crippen molar-refractivity contribution in [1.82, 2.24) is 4.90 Å². The van der Waals surface area contributed by atoms with Crippen LogP contribution in [0.25, 0.3) is 0 Å². The molecule has 2 atom stereocenters. The maximum absolute atomic E-state index is 12.1. The van der Waals surface area contributed by atoms with Crippen LogP contribution in [0.1, 0.15) is 38.5 Å². The normalized spacial score (nSPS) is 27.3. The van der Waals surface area contributed by atoms with Gasteiger partial charge in [-0.3, -0.25) is 9.59 Å². The summed E-state index contributed by atoms with van der Waals surface area (Å²) in [6.07, 6.45) is 4.36. The second-order valence-corrected chi connectivity index (χ2v) is 5.46. The third-order valence-electron chi connectivity index (χ3n) is 3.85. The molecule has 0 aliphatic carbocycles. The highest BCUT2D eigenvalue weighted by molar-refractivity contribution is 5.76. The standard InChI is InChI=1S/C14H23NO5/c16-13(5-4-11-3-1-2-7-19-11)15-6-8-20-12(10-15)9-14(17)18/h11-12H,1-10H2,(H,17,18)/t11-,12-/m0/s1. The quantitative estimate of drug-likeness (QED) is 0.816. The monoisotopic (exact) mass is 285 g/mol. The predicted octanol–water partition coefficient (Wildman–Crippen LogP) is 1.04. The first-order valence-electron chi connectivity index (χ1n) is 7.38. The van der Waals surface area contributed by atoms with E-state index in [1.54, 1.807) is 4.90 Å². The van der Waals surface area contributed by atoms with Gasteiger partial charge in [0.15, 0.2) is 0 Å². The van der Waals surface area contributed by atoms with Crippen molar-refractivity contribution >= 4 is 11.9 Å². The van der Waals surface area contributed by atoms with Crippen LogP contribution < -0.4 is 0 Å². The van der Waals surface area contributed by atoms with Crippen molar-refractivity contribution in [3.8, 4) is 0 Å². The fourth-order valence-corrected chi connectivity index (χ4v) is 2.74. The summed E-state index contributed by atoms with van der Waals surface area (Å²) in [6, 6.07) is 0. The largest absolute Gasteiger partial charge is 0.481 e. The van der Waals surface area contributed by atoms with E-state index < -0.39 is 5.97 Å². The Kier molecular flexibility index (Phi) is 5.79. The van der Waals surface area contributed by atoms with Gasteiger partial charge in [-0.05, 0) is 25.7 Å². The van der Waals surface area contributed by atoms with Crippen LogP contribution in [0.2, 0.25) is 0 Å². The summed E-state index contributed by atoms with van der Waals surface area (Å²) in [6.45, 7) is 2.16. The number of amides is 1. The first-order chi connectivity index (χ1) is 9.65. The molecule has 6 heteroatoms. The van der Waals surface area contributed by atoms with E-state index in [9.17, 15) is 9.59 Å². The molecule has 2 heterocycles. The summed E-state index contributed by atoms with van der Waals surface area (Å²) in [7, 11) is 0. The van der Waals surface area contributed by atoms with E-state index in [0.29, 0.717) is 26.1 Å². The zero-order chi connectivity index (χ0) is 14.4. The molecule has 0 bridgehead atoms. The predicted molar refractivity (Wildman–Crippen MR) is 71.4 cm³/mol. The molecule has 2 rings (SSSR count). The van der Waals surface area contributed by atoms with E-state index in [4.69, 9.17) is 14.6 Å². The first kappa shape index (κ1) is 15.3. The topological polar surface area (TPSA) is 76.1 Å². The molecule has 0 spiro atoms. The summed E-state index contributed by atoms with van der Waals surface area (Å²) in [5, 5.41) is 8.76. The number of aliphatic carboxylic acids is 1. The summed E-state index contributed by atoms with van der Waals surface area (Å²) < 4.78 is 11.0. The van der Waals surface area contributed by atoms with Crippen LogP contribution in [0, 0.1) is 0 Å². The average molecular weight is 285 g/mol. The van der Waals surface area contributed by atoms with Crippen LogP contribution in [-0.2, 0) is 19.1 Å². The molecule has 2 fully saturated rings. The molecular formula is C14H23NO5. The minimum Gasteiger partial charge on any atom is -0.481 e. The van der Waals surface area contributed by atoms with Crippen LogP contribution in [0.5, 0.6) is 0 Å².